The van der Waals surface area contributed by atoms with Crippen molar-refractivity contribution in [3.8, 4) is 0 Å². The highest BCUT2D eigenvalue weighted by Gasteiger charge is 2.31. The Morgan fingerprint density at radius 3 is 2.75 bits per heavy atom. The molecule has 1 unspecified atom stereocenters. The number of benzene rings is 1. The van der Waals surface area contributed by atoms with Crippen molar-refractivity contribution < 1.29 is 14.1 Å². The molecule has 0 aliphatic rings. The van der Waals surface area contributed by atoms with Crippen LogP contribution in [0.25, 0.3) is 0 Å². The Kier molecular flexibility index (Phi) is 4.74. The molecule has 0 saturated heterocycles. The van der Waals surface area contributed by atoms with E-state index < -0.39 is 11.9 Å². The van der Waals surface area contributed by atoms with Crippen molar-refractivity contribution >= 4 is 17.6 Å². The van der Waals surface area contributed by atoms with Gasteiger partial charge in [0.05, 0.1) is 6.61 Å². The van der Waals surface area contributed by atoms with Gasteiger partial charge >= 0.3 is 5.97 Å². The lowest BCUT2D eigenvalue weighted by Gasteiger charge is -2.13. The van der Waals surface area contributed by atoms with Gasteiger partial charge in [0.1, 0.15) is 0 Å². The first kappa shape index (κ1) is 14.5. The molecule has 1 aromatic heterocycles. The zero-order valence-electron chi connectivity index (χ0n) is 11.3. The lowest BCUT2D eigenvalue weighted by Crippen LogP contribution is -2.18. The number of hydrogen-bond donors (Lipinski definition) is 0. The summed E-state index contributed by atoms with van der Waals surface area (Å²) in [6, 6.07) is 7.05. The maximum Gasteiger partial charge on any atom is 0.323 e. The highest BCUT2D eigenvalue weighted by Crippen LogP contribution is 2.30. The third-order valence-electron chi connectivity index (χ3n) is 2.79. The van der Waals surface area contributed by atoms with Crippen molar-refractivity contribution in [2.45, 2.75) is 26.2 Å². The molecule has 6 heteroatoms. The first-order valence-corrected chi connectivity index (χ1v) is 6.78. The van der Waals surface area contributed by atoms with Crippen LogP contribution in [0.3, 0.4) is 0 Å². The standard InChI is InChI=1S/C14H15ClN2O3/c1-3-11-16-13(20-17-11)12(14(18)19-4-2)9-7-5-6-8-10(9)15/h5-8,12H,3-4H2,1-2H3. The number of rotatable bonds is 5. The Morgan fingerprint density at radius 1 is 1.40 bits per heavy atom. The molecule has 1 aromatic carbocycles. The van der Waals surface area contributed by atoms with Crippen LogP contribution in [-0.4, -0.2) is 22.7 Å². The van der Waals surface area contributed by atoms with Crippen LogP contribution in [0.1, 0.15) is 37.0 Å². The molecule has 20 heavy (non-hydrogen) atoms. The number of hydrogen-bond acceptors (Lipinski definition) is 5. The summed E-state index contributed by atoms with van der Waals surface area (Å²) in [6.45, 7) is 3.92. The summed E-state index contributed by atoms with van der Waals surface area (Å²) in [7, 11) is 0. The summed E-state index contributed by atoms with van der Waals surface area (Å²) >= 11 is 6.16. The van der Waals surface area contributed by atoms with Crippen LogP contribution in [0, 0.1) is 0 Å². The second kappa shape index (κ2) is 6.52. The van der Waals surface area contributed by atoms with Crippen LogP contribution < -0.4 is 0 Å². The molecule has 0 aliphatic heterocycles. The van der Waals surface area contributed by atoms with E-state index in [1.54, 1.807) is 31.2 Å². The van der Waals surface area contributed by atoms with Gasteiger partial charge in [0.25, 0.3) is 0 Å². The van der Waals surface area contributed by atoms with Gasteiger partial charge in [-0.2, -0.15) is 4.98 Å². The van der Waals surface area contributed by atoms with Crippen molar-refractivity contribution in [1.82, 2.24) is 10.1 Å². The van der Waals surface area contributed by atoms with Crippen LogP contribution in [-0.2, 0) is 16.0 Å². The largest absolute Gasteiger partial charge is 0.465 e. The van der Waals surface area contributed by atoms with E-state index in [4.69, 9.17) is 20.9 Å². The smallest absolute Gasteiger partial charge is 0.323 e. The number of ether oxygens (including phenoxy) is 1. The van der Waals surface area contributed by atoms with Gasteiger partial charge in [0.2, 0.25) is 5.89 Å². The molecule has 106 valence electrons. The van der Waals surface area contributed by atoms with E-state index >= 15 is 0 Å². The first-order valence-electron chi connectivity index (χ1n) is 6.40. The summed E-state index contributed by atoms with van der Waals surface area (Å²) in [5.41, 5.74) is 0.596. The maximum absolute atomic E-state index is 12.2. The number of carbonyl (C=O) groups is 1. The zero-order valence-corrected chi connectivity index (χ0v) is 12.1. The Bertz CT molecular complexity index is 598. The van der Waals surface area contributed by atoms with Crippen LogP contribution in [0.15, 0.2) is 28.8 Å². The van der Waals surface area contributed by atoms with Gasteiger partial charge < -0.3 is 9.26 Å². The van der Waals surface area contributed by atoms with Crippen LogP contribution in [0.2, 0.25) is 5.02 Å². The summed E-state index contributed by atoms with van der Waals surface area (Å²) in [5, 5.41) is 4.28. The van der Waals surface area contributed by atoms with Gasteiger partial charge in [-0.05, 0) is 18.6 Å². The third kappa shape index (κ3) is 2.99. The molecule has 0 radical (unpaired) electrons. The SMILES string of the molecule is CCOC(=O)C(c1nc(CC)no1)c1ccccc1Cl. The molecule has 0 amide bonds. The number of carbonyl (C=O) groups excluding carboxylic acids is 1. The minimum Gasteiger partial charge on any atom is -0.465 e. The number of aromatic nitrogens is 2. The van der Waals surface area contributed by atoms with Crippen LogP contribution >= 0.6 is 11.6 Å². The summed E-state index contributed by atoms with van der Waals surface area (Å²) in [4.78, 5) is 16.4. The van der Waals surface area contributed by atoms with Crippen molar-refractivity contribution in [3.63, 3.8) is 0 Å². The molecule has 2 aromatic rings. The monoisotopic (exact) mass is 294 g/mol. The van der Waals surface area contributed by atoms with E-state index in [1.807, 2.05) is 6.92 Å². The lowest BCUT2D eigenvalue weighted by molar-refractivity contribution is -0.144. The summed E-state index contributed by atoms with van der Waals surface area (Å²) in [6.07, 6.45) is 0.627. The highest BCUT2D eigenvalue weighted by molar-refractivity contribution is 6.31. The van der Waals surface area contributed by atoms with Gasteiger partial charge in [-0.3, -0.25) is 4.79 Å². The number of aryl methyl sites for hydroxylation is 1. The number of halogens is 1. The van der Waals surface area contributed by atoms with Crippen LogP contribution in [0.4, 0.5) is 0 Å². The van der Waals surface area contributed by atoms with Crippen molar-refractivity contribution in [2.24, 2.45) is 0 Å². The van der Waals surface area contributed by atoms with Crippen molar-refractivity contribution in [1.29, 1.82) is 0 Å². The molecule has 0 fully saturated rings. The predicted octanol–water partition coefficient (Wildman–Crippen LogP) is 2.98. The van der Waals surface area contributed by atoms with Crippen molar-refractivity contribution in [3.05, 3.63) is 46.6 Å². The second-order valence-corrected chi connectivity index (χ2v) is 4.52. The number of esters is 1. The van der Waals surface area contributed by atoms with Gasteiger partial charge in [0.15, 0.2) is 11.7 Å². The van der Waals surface area contributed by atoms with Gasteiger partial charge in [-0.25, -0.2) is 0 Å². The first-order chi connectivity index (χ1) is 9.67. The minimum absolute atomic E-state index is 0.202. The van der Waals surface area contributed by atoms with Crippen LogP contribution in [0.5, 0.6) is 0 Å². The molecule has 0 aliphatic carbocycles. The zero-order chi connectivity index (χ0) is 14.5. The van der Waals surface area contributed by atoms with Crippen molar-refractivity contribution in [2.75, 3.05) is 6.61 Å². The molecule has 1 heterocycles. The van der Waals surface area contributed by atoms with E-state index in [-0.39, 0.29) is 12.5 Å². The third-order valence-corrected chi connectivity index (χ3v) is 3.13. The van der Waals surface area contributed by atoms with Gasteiger partial charge in [-0.1, -0.05) is 41.9 Å². The van der Waals surface area contributed by atoms with E-state index in [2.05, 4.69) is 10.1 Å². The average molecular weight is 295 g/mol. The predicted molar refractivity (Wildman–Crippen MR) is 73.6 cm³/mol. The molecule has 0 bridgehead atoms. The Labute approximate surface area is 121 Å². The fraction of sp³-hybridized carbons (Fsp3) is 0.357. The highest BCUT2D eigenvalue weighted by atomic mass is 35.5. The maximum atomic E-state index is 12.2. The molecular weight excluding hydrogens is 280 g/mol. The molecule has 5 nitrogen and oxygen atoms in total. The second-order valence-electron chi connectivity index (χ2n) is 4.11. The quantitative estimate of drug-likeness (QED) is 0.793. The molecular formula is C14H15ClN2O3. The molecule has 0 N–H and O–H groups in total. The molecule has 2 rings (SSSR count). The summed E-state index contributed by atoms with van der Waals surface area (Å²) < 4.78 is 10.3. The molecule has 1 atom stereocenters. The van der Waals surface area contributed by atoms with Gasteiger partial charge in [-0.15, -0.1) is 0 Å². The molecule has 0 saturated carbocycles. The normalized spacial score (nSPS) is 12.2. The van der Waals surface area contributed by atoms with Gasteiger partial charge in [0, 0.05) is 11.4 Å². The Morgan fingerprint density at radius 2 is 2.15 bits per heavy atom. The summed E-state index contributed by atoms with van der Waals surface area (Å²) in [5.74, 6) is -0.502. The number of nitrogens with zero attached hydrogens (tertiary/aromatic N) is 2. The topological polar surface area (TPSA) is 65.2 Å². The van der Waals surface area contributed by atoms with E-state index in [1.165, 1.54) is 0 Å². The van der Waals surface area contributed by atoms with E-state index in [0.717, 1.165) is 0 Å². The van der Waals surface area contributed by atoms with E-state index in [9.17, 15) is 4.79 Å². The fourth-order valence-corrected chi connectivity index (χ4v) is 2.07. The lowest BCUT2D eigenvalue weighted by atomic mass is 9.99. The average Bonchev–Trinajstić information content (AvgIpc) is 2.90. The minimum atomic E-state index is -0.795. The fourth-order valence-electron chi connectivity index (χ4n) is 1.82. The Balaban J connectivity index is 2.44. The van der Waals surface area contributed by atoms with E-state index in [0.29, 0.717) is 22.8 Å². The molecule has 0 spiro atoms. The Hall–Kier alpha value is -1.88.